The third-order valence-electron chi connectivity index (χ3n) is 2.63. The van der Waals surface area contributed by atoms with E-state index in [-0.39, 0.29) is 32.3 Å². The highest BCUT2D eigenvalue weighted by molar-refractivity contribution is 4.77. The molecule has 0 radical (unpaired) electrons. The Labute approximate surface area is 82.6 Å². The lowest BCUT2D eigenvalue weighted by Gasteiger charge is -2.30. The SMILES string of the molecule is CCCOC(F)(F)C1CCC(F)CC1. The zero-order valence-electron chi connectivity index (χ0n) is 8.44. The van der Waals surface area contributed by atoms with Crippen molar-refractivity contribution in [2.45, 2.75) is 51.3 Å². The highest BCUT2D eigenvalue weighted by Crippen LogP contribution is 2.38. The standard InChI is InChI=1S/C10H17F3O/c1-2-7-14-10(12,13)8-3-5-9(11)6-4-8/h8-9H,2-7H2,1H3. The highest BCUT2D eigenvalue weighted by Gasteiger charge is 2.42. The van der Waals surface area contributed by atoms with E-state index >= 15 is 0 Å². The lowest BCUT2D eigenvalue weighted by molar-refractivity contribution is -0.277. The largest absolute Gasteiger partial charge is 0.358 e. The summed E-state index contributed by atoms with van der Waals surface area (Å²) >= 11 is 0. The van der Waals surface area contributed by atoms with E-state index in [2.05, 4.69) is 4.74 Å². The second kappa shape index (κ2) is 5.01. The van der Waals surface area contributed by atoms with Gasteiger partial charge in [0.25, 0.3) is 0 Å². The van der Waals surface area contributed by atoms with Crippen LogP contribution in [0, 0.1) is 5.92 Å². The van der Waals surface area contributed by atoms with Crippen LogP contribution in [-0.2, 0) is 4.74 Å². The molecule has 1 aliphatic rings. The number of halogens is 3. The summed E-state index contributed by atoms with van der Waals surface area (Å²) in [6, 6.07) is 0. The molecular weight excluding hydrogens is 193 g/mol. The van der Waals surface area contributed by atoms with Gasteiger partial charge in [-0.15, -0.1) is 0 Å². The van der Waals surface area contributed by atoms with Crippen LogP contribution < -0.4 is 0 Å². The Morgan fingerprint density at radius 1 is 1.21 bits per heavy atom. The quantitative estimate of drug-likeness (QED) is 0.689. The molecule has 0 spiro atoms. The maximum atomic E-state index is 13.3. The molecule has 0 bridgehead atoms. The summed E-state index contributed by atoms with van der Waals surface area (Å²) in [5, 5.41) is 0. The topological polar surface area (TPSA) is 9.23 Å². The third-order valence-corrected chi connectivity index (χ3v) is 2.63. The predicted octanol–water partition coefficient (Wildman–Crippen LogP) is 3.53. The Bertz CT molecular complexity index is 165. The molecule has 0 heterocycles. The van der Waals surface area contributed by atoms with Gasteiger partial charge in [0, 0.05) is 0 Å². The van der Waals surface area contributed by atoms with Crippen molar-refractivity contribution in [2.75, 3.05) is 6.61 Å². The van der Waals surface area contributed by atoms with E-state index in [1.54, 1.807) is 6.92 Å². The summed E-state index contributed by atoms with van der Waals surface area (Å²) in [6.45, 7) is 1.86. The van der Waals surface area contributed by atoms with Crippen molar-refractivity contribution in [2.24, 2.45) is 5.92 Å². The molecule has 0 aromatic rings. The summed E-state index contributed by atoms with van der Waals surface area (Å²) in [4.78, 5) is 0. The van der Waals surface area contributed by atoms with Crippen LogP contribution in [0.2, 0.25) is 0 Å². The molecule has 1 rings (SSSR count). The first-order chi connectivity index (χ1) is 6.56. The van der Waals surface area contributed by atoms with Crippen molar-refractivity contribution in [3.05, 3.63) is 0 Å². The molecule has 1 saturated carbocycles. The fourth-order valence-corrected chi connectivity index (χ4v) is 1.74. The maximum absolute atomic E-state index is 13.3. The van der Waals surface area contributed by atoms with Crippen LogP contribution in [0.25, 0.3) is 0 Å². The molecule has 84 valence electrons. The van der Waals surface area contributed by atoms with Gasteiger partial charge in [-0.2, -0.15) is 8.78 Å². The molecule has 1 nitrogen and oxygen atoms in total. The third kappa shape index (κ3) is 3.15. The van der Waals surface area contributed by atoms with Crippen molar-refractivity contribution < 1.29 is 17.9 Å². The van der Waals surface area contributed by atoms with E-state index in [9.17, 15) is 13.2 Å². The number of ether oxygens (including phenoxy) is 1. The molecule has 0 aliphatic heterocycles. The maximum Gasteiger partial charge on any atom is 0.358 e. The molecule has 4 heteroatoms. The predicted molar refractivity (Wildman–Crippen MR) is 48.0 cm³/mol. The molecule has 0 aromatic carbocycles. The molecule has 0 saturated heterocycles. The van der Waals surface area contributed by atoms with Crippen LogP contribution in [0.3, 0.4) is 0 Å². The minimum atomic E-state index is -3.06. The summed E-state index contributed by atoms with van der Waals surface area (Å²) in [6.07, 6.45) is -2.42. The van der Waals surface area contributed by atoms with Gasteiger partial charge in [0.1, 0.15) is 6.17 Å². The summed E-state index contributed by atoms with van der Waals surface area (Å²) < 4.78 is 43.8. The van der Waals surface area contributed by atoms with Crippen LogP contribution >= 0.6 is 0 Å². The zero-order valence-corrected chi connectivity index (χ0v) is 8.44. The fraction of sp³-hybridized carbons (Fsp3) is 1.00. The minimum Gasteiger partial charge on any atom is -0.320 e. The van der Waals surface area contributed by atoms with E-state index in [0.29, 0.717) is 6.42 Å². The van der Waals surface area contributed by atoms with Crippen molar-refractivity contribution >= 4 is 0 Å². The van der Waals surface area contributed by atoms with Crippen molar-refractivity contribution in [3.63, 3.8) is 0 Å². The zero-order chi connectivity index (χ0) is 10.6. The van der Waals surface area contributed by atoms with Gasteiger partial charge in [0.15, 0.2) is 0 Å². The first kappa shape index (κ1) is 11.8. The molecule has 14 heavy (non-hydrogen) atoms. The molecule has 1 fully saturated rings. The van der Waals surface area contributed by atoms with E-state index in [4.69, 9.17) is 0 Å². The second-order valence-electron chi connectivity index (χ2n) is 3.86. The monoisotopic (exact) mass is 210 g/mol. The molecule has 0 aromatic heterocycles. The molecule has 1 aliphatic carbocycles. The molecular formula is C10H17F3O. The molecule has 0 amide bonds. The Kier molecular flexibility index (Phi) is 4.23. The van der Waals surface area contributed by atoms with E-state index < -0.39 is 18.2 Å². The van der Waals surface area contributed by atoms with Gasteiger partial charge in [-0.1, -0.05) is 6.92 Å². The van der Waals surface area contributed by atoms with Crippen molar-refractivity contribution in [3.8, 4) is 0 Å². The Balaban J connectivity index is 2.38. The van der Waals surface area contributed by atoms with Crippen LogP contribution in [0.15, 0.2) is 0 Å². The van der Waals surface area contributed by atoms with Gasteiger partial charge in [0.05, 0.1) is 12.5 Å². The first-order valence-electron chi connectivity index (χ1n) is 5.22. The smallest absolute Gasteiger partial charge is 0.320 e. The van der Waals surface area contributed by atoms with Gasteiger partial charge < -0.3 is 4.74 Å². The van der Waals surface area contributed by atoms with Gasteiger partial charge in [-0.25, -0.2) is 4.39 Å². The number of alkyl halides is 3. The first-order valence-corrected chi connectivity index (χ1v) is 5.22. The van der Waals surface area contributed by atoms with E-state index in [1.165, 1.54) is 0 Å². The van der Waals surface area contributed by atoms with Crippen LogP contribution in [0.1, 0.15) is 39.0 Å². The molecule has 0 unspecified atom stereocenters. The lowest BCUT2D eigenvalue weighted by atomic mass is 9.87. The van der Waals surface area contributed by atoms with E-state index in [0.717, 1.165) is 0 Å². The molecule has 0 N–H and O–H groups in total. The fourth-order valence-electron chi connectivity index (χ4n) is 1.74. The minimum absolute atomic E-state index is 0.0720. The summed E-state index contributed by atoms with van der Waals surface area (Å²) in [7, 11) is 0. The average molecular weight is 210 g/mol. The van der Waals surface area contributed by atoms with Gasteiger partial charge in [-0.3, -0.25) is 0 Å². The summed E-state index contributed by atoms with van der Waals surface area (Å²) in [5.41, 5.74) is 0. The molecule has 0 atom stereocenters. The second-order valence-corrected chi connectivity index (χ2v) is 3.86. The normalized spacial score (nSPS) is 29.1. The summed E-state index contributed by atoms with van der Waals surface area (Å²) in [5.74, 6) is -0.791. The number of hydrogen-bond acceptors (Lipinski definition) is 1. The lowest BCUT2D eigenvalue weighted by Crippen LogP contribution is -2.35. The number of rotatable bonds is 4. The Morgan fingerprint density at radius 2 is 1.79 bits per heavy atom. The van der Waals surface area contributed by atoms with Crippen LogP contribution in [-0.4, -0.2) is 18.9 Å². The van der Waals surface area contributed by atoms with Gasteiger partial charge in [0.2, 0.25) is 0 Å². The Morgan fingerprint density at radius 3 is 2.29 bits per heavy atom. The highest BCUT2D eigenvalue weighted by atomic mass is 19.3. The van der Waals surface area contributed by atoms with Crippen LogP contribution in [0.4, 0.5) is 13.2 Å². The Hall–Kier alpha value is -0.250. The number of hydrogen-bond donors (Lipinski definition) is 0. The van der Waals surface area contributed by atoms with Crippen molar-refractivity contribution in [1.29, 1.82) is 0 Å². The van der Waals surface area contributed by atoms with Crippen molar-refractivity contribution in [1.82, 2.24) is 0 Å². The van der Waals surface area contributed by atoms with Gasteiger partial charge in [-0.05, 0) is 32.1 Å². The van der Waals surface area contributed by atoms with Gasteiger partial charge >= 0.3 is 6.11 Å². The van der Waals surface area contributed by atoms with E-state index in [1.807, 2.05) is 0 Å². The van der Waals surface area contributed by atoms with Crippen LogP contribution in [0.5, 0.6) is 0 Å². The average Bonchev–Trinajstić information content (AvgIpc) is 2.16.